The quantitative estimate of drug-likeness (QED) is 0.766. The van der Waals surface area contributed by atoms with E-state index in [0.29, 0.717) is 29.7 Å². The van der Waals surface area contributed by atoms with Crippen LogP contribution < -0.4 is 0 Å². The van der Waals surface area contributed by atoms with Crippen LogP contribution in [-0.4, -0.2) is 28.2 Å². The molecular formula is C26H33NO. The van der Waals surface area contributed by atoms with Crippen LogP contribution in [-0.2, 0) is 0 Å². The van der Waals surface area contributed by atoms with Crippen molar-refractivity contribution in [2.45, 2.75) is 69.6 Å². The van der Waals surface area contributed by atoms with E-state index in [9.17, 15) is 5.11 Å². The van der Waals surface area contributed by atoms with E-state index in [1.165, 1.54) is 17.5 Å². The van der Waals surface area contributed by atoms with Crippen molar-refractivity contribution >= 4 is 0 Å². The van der Waals surface area contributed by atoms with E-state index >= 15 is 0 Å². The monoisotopic (exact) mass is 375 g/mol. The summed E-state index contributed by atoms with van der Waals surface area (Å²) in [6, 6.07) is 20.6. The number of aliphatic hydroxyl groups excluding tert-OH is 1. The zero-order valence-corrected chi connectivity index (χ0v) is 17.4. The number of fused-ring (bicyclic) bond motifs is 5. The Morgan fingerprint density at radius 3 is 2.32 bits per heavy atom. The molecule has 2 bridgehead atoms. The first kappa shape index (κ1) is 18.4. The molecule has 2 aromatic rings. The second kappa shape index (κ2) is 6.71. The van der Waals surface area contributed by atoms with Crippen molar-refractivity contribution in [3.05, 3.63) is 71.3 Å². The molecule has 1 heterocycles. The van der Waals surface area contributed by atoms with Gasteiger partial charge in [-0.15, -0.1) is 0 Å². The third kappa shape index (κ3) is 2.69. The molecule has 0 amide bonds. The van der Waals surface area contributed by atoms with Gasteiger partial charge < -0.3 is 5.11 Å². The lowest BCUT2D eigenvalue weighted by Gasteiger charge is -2.50. The predicted octanol–water partition coefficient (Wildman–Crippen LogP) is 5.50. The number of hydrogen-bond donors (Lipinski definition) is 1. The zero-order valence-electron chi connectivity index (χ0n) is 17.4. The molecule has 0 aromatic heterocycles. The average molecular weight is 376 g/mol. The fraction of sp³-hybridized carbons (Fsp3) is 0.538. The zero-order chi connectivity index (χ0) is 19.5. The minimum absolute atomic E-state index is 0.000461. The number of hydrogen-bond acceptors (Lipinski definition) is 2. The first-order chi connectivity index (χ1) is 13.5. The summed E-state index contributed by atoms with van der Waals surface area (Å²) in [6.07, 6.45) is 3.16. The molecule has 2 aliphatic carbocycles. The summed E-state index contributed by atoms with van der Waals surface area (Å²) in [6.45, 7) is 8.17. The molecule has 1 saturated heterocycles. The Balaban J connectivity index is 1.53. The van der Waals surface area contributed by atoms with Crippen LogP contribution in [0.1, 0.15) is 74.6 Å². The lowest BCUT2D eigenvalue weighted by atomic mass is 9.70. The van der Waals surface area contributed by atoms with Crippen molar-refractivity contribution < 1.29 is 5.11 Å². The lowest BCUT2D eigenvalue weighted by molar-refractivity contribution is -0.0521. The van der Waals surface area contributed by atoms with Gasteiger partial charge in [0.15, 0.2) is 0 Å². The summed E-state index contributed by atoms with van der Waals surface area (Å²) in [5.41, 5.74) is 4.52. The van der Waals surface area contributed by atoms with Crippen LogP contribution in [0.5, 0.6) is 0 Å². The fourth-order valence-electron chi connectivity index (χ4n) is 6.70. The summed E-state index contributed by atoms with van der Waals surface area (Å²) in [5.74, 6) is 2.08. The van der Waals surface area contributed by atoms with Gasteiger partial charge in [0.1, 0.15) is 0 Å². The third-order valence-corrected chi connectivity index (χ3v) is 8.13. The van der Waals surface area contributed by atoms with Crippen LogP contribution >= 0.6 is 0 Å². The third-order valence-electron chi connectivity index (χ3n) is 8.13. The highest BCUT2D eigenvalue weighted by Gasteiger charge is 2.56. The van der Waals surface area contributed by atoms with Gasteiger partial charge in [-0.1, -0.05) is 67.9 Å². The molecule has 148 valence electrons. The highest BCUT2D eigenvalue weighted by molar-refractivity contribution is 5.48. The van der Waals surface area contributed by atoms with Gasteiger partial charge in [0.05, 0.1) is 6.10 Å². The summed E-state index contributed by atoms with van der Waals surface area (Å²) in [4.78, 5) is 2.75. The average Bonchev–Trinajstić information content (AvgIpc) is 3.23. The van der Waals surface area contributed by atoms with Gasteiger partial charge in [-0.25, -0.2) is 0 Å². The molecule has 0 spiro atoms. The van der Waals surface area contributed by atoms with E-state index in [4.69, 9.17) is 0 Å². The molecule has 28 heavy (non-hydrogen) atoms. The largest absolute Gasteiger partial charge is 0.393 e. The smallest absolute Gasteiger partial charge is 0.0588 e. The molecule has 0 unspecified atom stereocenters. The Bertz CT molecular complexity index is 845. The molecule has 0 radical (unpaired) electrons. The Morgan fingerprint density at radius 2 is 1.61 bits per heavy atom. The maximum Gasteiger partial charge on any atom is 0.0588 e. The Kier molecular flexibility index (Phi) is 4.41. The number of rotatable bonds is 3. The Hall–Kier alpha value is -1.64. The summed E-state index contributed by atoms with van der Waals surface area (Å²) in [7, 11) is 0. The lowest BCUT2D eigenvalue weighted by Crippen LogP contribution is -2.55. The van der Waals surface area contributed by atoms with Crippen molar-refractivity contribution in [2.75, 3.05) is 6.54 Å². The molecule has 6 atom stereocenters. The fourth-order valence-corrected chi connectivity index (χ4v) is 6.70. The molecule has 2 fully saturated rings. The SMILES string of the molecule is C[C@@H]1CC[C@@H](C(C)(C)N2C[C@H]3c4ccccc4[C@@H]2[C@H]3c2ccccc2)[C@H](O)C1. The van der Waals surface area contributed by atoms with Gasteiger partial charge in [-0.3, -0.25) is 4.90 Å². The standard InChI is InChI=1S/C26H33NO/c1-17-13-14-22(23(28)15-17)26(2,3)27-16-21-19-11-7-8-12-20(19)25(27)24(21)18-9-5-4-6-10-18/h4-12,17,21-25,28H,13-16H2,1-3H3/t17-,21+,22-,23-,24+,25-/m1/s1. The number of aliphatic hydroxyl groups is 1. The van der Waals surface area contributed by atoms with Crippen LogP contribution in [0.4, 0.5) is 0 Å². The molecule has 5 rings (SSSR count). The van der Waals surface area contributed by atoms with Gasteiger partial charge in [-0.05, 0) is 49.3 Å². The van der Waals surface area contributed by atoms with Gasteiger partial charge >= 0.3 is 0 Å². The number of likely N-dealkylation sites (tertiary alicyclic amines) is 1. The second-order valence-electron chi connectivity index (χ2n) is 10.0. The van der Waals surface area contributed by atoms with Gasteiger partial charge in [0, 0.05) is 35.9 Å². The molecule has 3 aliphatic rings. The van der Waals surface area contributed by atoms with Crippen molar-refractivity contribution in [1.82, 2.24) is 4.90 Å². The summed E-state index contributed by atoms with van der Waals surface area (Å²) < 4.78 is 0. The first-order valence-corrected chi connectivity index (χ1v) is 11.1. The van der Waals surface area contributed by atoms with Crippen LogP contribution in [0.25, 0.3) is 0 Å². The molecular weight excluding hydrogens is 342 g/mol. The minimum atomic E-state index is -0.178. The molecule has 1 N–H and O–H groups in total. The maximum absolute atomic E-state index is 11.0. The van der Waals surface area contributed by atoms with E-state index in [1.807, 2.05) is 0 Å². The van der Waals surface area contributed by atoms with Crippen LogP contribution in [0.3, 0.4) is 0 Å². The Labute approximate surface area is 169 Å². The van der Waals surface area contributed by atoms with E-state index < -0.39 is 0 Å². The number of nitrogens with zero attached hydrogens (tertiary/aromatic N) is 1. The normalized spacial score (nSPS) is 35.1. The van der Waals surface area contributed by atoms with E-state index in [0.717, 1.165) is 19.4 Å². The van der Waals surface area contributed by atoms with Gasteiger partial charge in [-0.2, -0.15) is 0 Å². The first-order valence-electron chi connectivity index (χ1n) is 11.1. The molecule has 2 heteroatoms. The molecule has 1 saturated carbocycles. The van der Waals surface area contributed by atoms with Crippen molar-refractivity contribution in [1.29, 1.82) is 0 Å². The highest BCUT2D eigenvalue weighted by atomic mass is 16.3. The second-order valence-corrected chi connectivity index (χ2v) is 10.0. The highest BCUT2D eigenvalue weighted by Crippen LogP contribution is 2.61. The van der Waals surface area contributed by atoms with Crippen LogP contribution in [0.15, 0.2) is 54.6 Å². The number of benzene rings is 2. The van der Waals surface area contributed by atoms with E-state index in [2.05, 4.69) is 80.3 Å². The molecule has 2 aromatic carbocycles. The Morgan fingerprint density at radius 1 is 0.929 bits per heavy atom. The maximum atomic E-state index is 11.0. The van der Waals surface area contributed by atoms with Crippen LogP contribution in [0.2, 0.25) is 0 Å². The van der Waals surface area contributed by atoms with E-state index in [1.54, 1.807) is 5.56 Å². The molecule has 2 nitrogen and oxygen atoms in total. The van der Waals surface area contributed by atoms with Crippen LogP contribution in [0, 0.1) is 11.8 Å². The summed E-state index contributed by atoms with van der Waals surface area (Å²) >= 11 is 0. The van der Waals surface area contributed by atoms with Crippen molar-refractivity contribution in [3.8, 4) is 0 Å². The van der Waals surface area contributed by atoms with Gasteiger partial charge in [0.2, 0.25) is 0 Å². The summed E-state index contributed by atoms with van der Waals surface area (Å²) in [5, 5.41) is 11.0. The van der Waals surface area contributed by atoms with Crippen molar-refractivity contribution in [2.24, 2.45) is 11.8 Å². The topological polar surface area (TPSA) is 23.5 Å². The minimum Gasteiger partial charge on any atom is -0.393 e. The predicted molar refractivity (Wildman–Crippen MR) is 114 cm³/mol. The van der Waals surface area contributed by atoms with Gasteiger partial charge in [0.25, 0.3) is 0 Å². The molecule has 1 aliphatic heterocycles. The van der Waals surface area contributed by atoms with E-state index in [-0.39, 0.29) is 11.6 Å². The van der Waals surface area contributed by atoms with Crippen molar-refractivity contribution in [3.63, 3.8) is 0 Å².